The summed E-state index contributed by atoms with van der Waals surface area (Å²) in [4.78, 5) is 8.81. The van der Waals surface area contributed by atoms with E-state index in [1.807, 2.05) is 7.05 Å². The van der Waals surface area contributed by atoms with Crippen LogP contribution in [0.2, 0.25) is 0 Å². The fourth-order valence-corrected chi connectivity index (χ4v) is 4.13. The van der Waals surface area contributed by atoms with Crippen molar-refractivity contribution in [3.05, 3.63) is 107 Å². The number of alkyl halides is 6. The van der Waals surface area contributed by atoms with Crippen LogP contribution < -0.4 is 0 Å². The molecular formula is C26H17F7N5+. The van der Waals surface area contributed by atoms with E-state index in [4.69, 9.17) is 0 Å². The fourth-order valence-electron chi connectivity index (χ4n) is 4.13. The van der Waals surface area contributed by atoms with E-state index < -0.39 is 34.9 Å². The van der Waals surface area contributed by atoms with Crippen LogP contribution in [0.3, 0.4) is 0 Å². The van der Waals surface area contributed by atoms with Gasteiger partial charge in [-0.3, -0.25) is 4.48 Å². The molecule has 5 nitrogen and oxygen atoms in total. The van der Waals surface area contributed by atoms with Gasteiger partial charge in [-0.25, -0.2) is 14.4 Å². The fraction of sp³-hybridized carbons (Fsp3) is 0.154. The van der Waals surface area contributed by atoms with Crippen molar-refractivity contribution in [1.82, 2.24) is 10.2 Å². The third kappa shape index (κ3) is 4.99. The molecule has 1 aromatic heterocycles. The highest BCUT2D eigenvalue weighted by Gasteiger charge is 2.39. The molecule has 0 fully saturated rings. The molecule has 0 radical (unpaired) electrons. The quantitative estimate of drug-likeness (QED) is 0.283. The van der Waals surface area contributed by atoms with E-state index in [1.54, 1.807) is 36.7 Å². The van der Waals surface area contributed by atoms with Crippen molar-refractivity contribution in [3.8, 4) is 11.3 Å². The Hall–Kier alpha value is -4.19. The van der Waals surface area contributed by atoms with Crippen LogP contribution in [0.5, 0.6) is 0 Å². The number of rotatable bonds is 4. The van der Waals surface area contributed by atoms with Crippen molar-refractivity contribution in [3.63, 3.8) is 0 Å². The van der Waals surface area contributed by atoms with Crippen LogP contribution >= 0.6 is 0 Å². The van der Waals surface area contributed by atoms with Gasteiger partial charge in [0.25, 0.3) is 0 Å². The van der Waals surface area contributed by atoms with Crippen LogP contribution in [0.1, 0.15) is 22.4 Å². The summed E-state index contributed by atoms with van der Waals surface area (Å²) < 4.78 is 93.8. The van der Waals surface area contributed by atoms with E-state index in [1.165, 1.54) is 18.2 Å². The monoisotopic (exact) mass is 532 g/mol. The molecule has 0 saturated heterocycles. The molecule has 2 aliphatic heterocycles. The number of quaternary nitrogens is 1. The number of hydrogen-bond acceptors (Lipinski definition) is 4. The number of aromatic nitrogens is 2. The van der Waals surface area contributed by atoms with Gasteiger partial charge in [0, 0.05) is 11.6 Å². The summed E-state index contributed by atoms with van der Waals surface area (Å²) in [6.07, 6.45) is -4.64. The molecule has 38 heavy (non-hydrogen) atoms. The maximum atomic E-state index is 14.2. The molecule has 1 atom stereocenters. The molecule has 3 heterocycles. The van der Waals surface area contributed by atoms with Gasteiger partial charge in [0.1, 0.15) is 41.9 Å². The SMILES string of the molecule is C[N+]1(Cc2ccc(-c3ccc(C(F)(F)F)cc3C(F)(F)F)nn2)C=CC2=NC(c3ccccc3F)=NC2=C1. The molecule has 1 unspecified atom stereocenters. The van der Waals surface area contributed by atoms with Crippen molar-refractivity contribution in [2.45, 2.75) is 18.9 Å². The first-order chi connectivity index (χ1) is 17.8. The van der Waals surface area contributed by atoms with Crippen molar-refractivity contribution < 1.29 is 35.2 Å². The summed E-state index contributed by atoms with van der Waals surface area (Å²) >= 11 is 0. The highest BCUT2D eigenvalue weighted by molar-refractivity contribution is 6.22. The van der Waals surface area contributed by atoms with Gasteiger partial charge in [-0.2, -0.15) is 31.4 Å². The lowest BCUT2D eigenvalue weighted by atomic mass is 10.00. The third-order valence-electron chi connectivity index (χ3n) is 5.97. The zero-order valence-corrected chi connectivity index (χ0v) is 19.5. The van der Waals surface area contributed by atoms with Crippen LogP contribution in [0.4, 0.5) is 30.7 Å². The Morgan fingerprint density at radius 1 is 0.816 bits per heavy atom. The zero-order valence-electron chi connectivity index (χ0n) is 19.5. The van der Waals surface area contributed by atoms with E-state index >= 15 is 0 Å². The largest absolute Gasteiger partial charge is 0.417 e. The zero-order chi connectivity index (χ0) is 27.3. The Balaban J connectivity index is 1.40. The van der Waals surface area contributed by atoms with Crippen molar-refractivity contribution in [2.24, 2.45) is 9.98 Å². The van der Waals surface area contributed by atoms with E-state index in [9.17, 15) is 30.7 Å². The van der Waals surface area contributed by atoms with E-state index in [0.717, 1.165) is 6.07 Å². The molecule has 3 aromatic rings. The van der Waals surface area contributed by atoms with Gasteiger partial charge in [0.05, 0.1) is 29.4 Å². The number of halogens is 7. The Morgan fingerprint density at radius 2 is 1.58 bits per heavy atom. The minimum Gasteiger partial charge on any atom is -0.266 e. The van der Waals surface area contributed by atoms with Gasteiger partial charge < -0.3 is 0 Å². The Kier molecular flexibility index (Phi) is 6.02. The highest BCUT2D eigenvalue weighted by Crippen LogP contribution is 2.40. The Labute approximate surface area is 211 Å². The summed E-state index contributed by atoms with van der Waals surface area (Å²) in [5.41, 5.74) is -1.82. The van der Waals surface area contributed by atoms with Crippen LogP contribution in [0.15, 0.2) is 88.8 Å². The van der Waals surface area contributed by atoms with Gasteiger partial charge in [0.15, 0.2) is 5.84 Å². The van der Waals surface area contributed by atoms with Gasteiger partial charge in [-0.05, 0) is 36.4 Å². The van der Waals surface area contributed by atoms with Crippen molar-refractivity contribution in [2.75, 3.05) is 7.05 Å². The molecule has 0 spiro atoms. The number of benzene rings is 2. The Bertz CT molecular complexity index is 1530. The first-order valence-corrected chi connectivity index (χ1v) is 11.1. The molecule has 2 aromatic carbocycles. The molecule has 0 saturated carbocycles. The second kappa shape index (κ2) is 8.98. The molecule has 0 aliphatic carbocycles. The van der Waals surface area contributed by atoms with Crippen LogP contribution in [-0.4, -0.2) is 33.3 Å². The van der Waals surface area contributed by atoms with E-state index in [-0.39, 0.29) is 34.2 Å². The lowest BCUT2D eigenvalue weighted by Gasteiger charge is -2.27. The first-order valence-electron chi connectivity index (χ1n) is 11.1. The molecule has 2 aliphatic rings. The summed E-state index contributed by atoms with van der Waals surface area (Å²) in [6, 6.07) is 10.3. The van der Waals surface area contributed by atoms with Crippen LogP contribution in [-0.2, 0) is 18.9 Å². The molecule has 194 valence electrons. The first kappa shape index (κ1) is 25.5. The maximum absolute atomic E-state index is 14.2. The number of aliphatic imine (C=N–C) groups is 2. The standard InChI is InChI=1S/C26H17F7N5/c1-38(11-10-22-23(14-38)35-24(34-22)18-4-2-3-5-20(18)27)13-16-7-9-21(37-36-16)17-8-6-15(25(28,29)30)12-19(17)26(31,32)33/h2-12,14H,13H2,1H3/q+1. The predicted octanol–water partition coefficient (Wildman–Crippen LogP) is 6.54. The Morgan fingerprint density at radius 3 is 2.24 bits per heavy atom. The van der Waals surface area contributed by atoms with Crippen LogP contribution in [0, 0.1) is 5.82 Å². The molecule has 0 N–H and O–H groups in total. The summed E-state index contributed by atoms with van der Waals surface area (Å²) in [5, 5.41) is 7.87. The summed E-state index contributed by atoms with van der Waals surface area (Å²) in [6.45, 7) is 0.240. The lowest BCUT2D eigenvalue weighted by molar-refractivity contribution is -0.822. The molecule has 0 amide bonds. The highest BCUT2D eigenvalue weighted by atomic mass is 19.4. The normalized spacial score (nSPS) is 19.1. The third-order valence-corrected chi connectivity index (χ3v) is 5.97. The summed E-state index contributed by atoms with van der Waals surface area (Å²) in [5.74, 6) is -0.211. The van der Waals surface area contributed by atoms with E-state index in [2.05, 4.69) is 20.2 Å². The van der Waals surface area contributed by atoms with Crippen LogP contribution in [0.25, 0.3) is 11.3 Å². The lowest BCUT2D eigenvalue weighted by Crippen LogP contribution is -2.34. The number of allylic oxidation sites excluding steroid dienone is 1. The van der Waals surface area contributed by atoms with Gasteiger partial charge in [-0.1, -0.05) is 18.2 Å². The predicted molar refractivity (Wildman–Crippen MR) is 125 cm³/mol. The topological polar surface area (TPSA) is 50.5 Å². The van der Waals surface area contributed by atoms with Gasteiger partial charge in [-0.15, -0.1) is 5.10 Å². The number of amidine groups is 1. The van der Waals surface area contributed by atoms with Gasteiger partial charge >= 0.3 is 12.4 Å². The summed E-state index contributed by atoms with van der Waals surface area (Å²) in [7, 11) is 1.82. The second-order valence-corrected chi connectivity index (χ2v) is 8.91. The average molecular weight is 532 g/mol. The minimum absolute atomic E-state index is 0.0681. The molecular weight excluding hydrogens is 515 g/mol. The minimum atomic E-state index is -5.02. The number of fused-ring (bicyclic) bond motifs is 1. The molecule has 0 bridgehead atoms. The van der Waals surface area contributed by atoms with Gasteiger partial charge in [0.2, 0.25) is 0 Å². The van der Waals surface area contributed by atoms with E-state index in [0.29, 0.717) is 23.2 Å². The number of nitrogens with zero attached hydrogens (tertiary/aromatic N) is 5. The van der Waals surface area contributed by atoms with Crippen molar-refractivity contribution in [1.29, 1.82) is 0 Å². The number of hydrogen-bond donors (Lipinski definition) is 0. The maximum Gasteiger partial charge on any atom is 0.417 e. The average Bonchev–Trinajstić information content (AvgIpc) is 3.25. The molecule has 12 heteroatoms. The van der Waals surface area contributed by atoms with Crippen molar-refractivity contribution >= 4 is 11.5 Å². The second-order valence-electron chi connectivity index (χ2n) is 8.91. The smallest absolute Gasteiger partial charge is 0.266 e. The molecule has 5 rings (SSSR count).